The van der Waals surface area contributed by atoms with Gasteiger partial charge in [-0.25, -0.2) is 4.98 Å². The molecule has 0 spiro atoms. The van der Waals surface area contributed by atoms with Gasteiger partial charge in [-0.3, -0.25) is 9.89 Å². The van der Waals surface area contributed by atoms with Crippen LogP contribution in [0.4, 0.5) is 13.2 Å². The molecule has 9 heteroatoms. The van der Waals surface area contributed by atoms with Crippen molar-refractivity contribution in [2.75, 3.05) is 13.1 Å². The normalized spacial score (nSPS) is 16.0. The van der Waals surface area contributed by atoms with Gasteiger partial charge in [0.1, 0.15) is 17.9 Å². The third-order valence-corrected chi connectivity index (χ3v) is 4.18. The average molecular weight is 354 g/mol. The Morgan fingerprint density at radius 2 is 1.92 bits per heavy atom. The number of halogens is 3. The zero-order valence-electron chi connectivity index (χ0n) is 13.3. The number of alkyl halides is 3. The van der Waals surface area contributed by atoms with Gasteiger partial charge in [0.2, 0.25) is 5.91 Å². The smallest absolute Gasteiger partial charge is 0.406 e. The molecule has 1 N–H and O–H groups in total. The first-order valence-electron chi connectivity index (χ1n) is 7.88. The van der Waals surface area contributed by atoms with Crippen LogP contribution in [-0.2, 0) is 11.2 Å². The van der Waals surface area contributed by atoms with Crippen molar-refractivity contribution in [1.29, 1.82) is 0 Å². The molecular weight excluding hydrogens is 337 g/mol. The molecule has 0 radical (unpaired) electrons. The van der Waals surface area contributed by atoms with E-state index in [1.54, 1.807) is 4.90 Å². The minimum Gasteiger partial charge on any atom is -0.406 e. The summed E-state index contributed by atoms with van der Waals surface area (Å²) in [7, 11) is 0. The molecule has 0 aliphatic carbocycles. The Bertz CT molecular complexity index is 693. The van der Waals surface area contributed by atoms with Crippen molar-refractivity contribution in [3.8, 4) is 5.75 Å². The molecule has 1 amide bonds. The molecule has 0 atom stereocenters. The quantitative estimate of drug-likeness (QED) is 0.916. The van der Waals surface area contributed by atoms with Crippen LogP contribution in [0.5, 0.6) is 5.75 Å². The number of aromatic amines is 1. The number of carbonyl (C=O) groups is 1. The maximum Gasteiger partial charge on any atom is 0.573 e. The van der Waals surface area contributed by atoms with Crippen molar-refractivity contribution in [1.82, 2.24) is 20.1 Å². The number of benzene rings is 1. The molecule has 25 heavy (non-hydrogen) atoms. The predicted molar refractivity (Wildman–Crippen MR) is 81.8 cm³/mol. The SMILES string of the molecule is O=C(Cc1ccc(OC(F)(F)F)cc1)N1CCC(c2ncn[nH]2)CC1. The number of carbonyl (C=O) groups excluding carboxylic acids is 1. The van der Waals surface area contributed by atoms with Gasteiger partial charge in [0.15, 0.2) is 0 Å². The van der Waals surface area contributed by atoms with E-state index >= 15 is 0 Å². The Hall–Kier alpha value is -2.58. The highest BCUT2D eigenvalue weighted by atomic mass is 19.4. The topological polar surface area (TPSA) is 71.1 Å². The van der Waals surface area contributed by atoms with E-state index in [-0.39, 0.29) is 24.0 Å². The second kappa shape index (κ2) is 7.12. The molecule has 6 nitrogen and oxygen atoms in total. The molecule has 134 valence electrons. The molecule has 1 saturated heterocycles. The second-order valence-electron chi connectivity index (χ2n) is 5.89. The van der Waals surface area contributed by atoms with E-state index in [1.165, 1.54) is 30.6 Å². The van der Waals surface area contributed by atoms with Crippen molar-refractivity contribution < 1.29 is 22.7 Å². The number of likely N-dealkylation sites (tertiary alicyclic amines) is 1. The number of nitrogens with one attached hydrogen (secondary N) is 1. The van der Waals surface area contributed by atoms with Crippen LogP contribution in [0.15, 0.2) is 30.6 Å². The Morgan fingerprint density at radius 1 is 1.24 bits per heavy atom. The number of amides is 1. The average Bonchev–Trinajstić information content (AvgIpc) is 3.10. The van der Waals surface area contributed by atoms with Crippen molar-refractivity contribution in [2.45, 2.75) is 31.5 Å². The fourth-order valence-electron chi connectivity index (χ4n) is 2.91. The molecule has 2 aromatic rings. The fraction of sp³-hybridized carbons (Fsp3) is 0.438. The first-order chi connectivity index (χ1) is 11.9. The molecule has 3 rings (SSSR count). The largest absolute Gasteiger partial charge is 0.573 e. The van der Waals surface area contributed by atoms with Crippen LogP contribution in [0, 0.1) is 0 Å². The van der Waals surface area contributed by atoms with Crippen LogP contribution in [0.2, 0.25) is 0 Å². The molecule has 2 heterocycles. The summed E-state index contributed by atoms with van der Waals surface area (Å²) in [6.07, 6.45) is -1.48. The molecule has 0 bridgehead atoms. The third-order valence-electron chi connectivity index (χ3n) is 4.18. The van der Waals surface area contributed by atoms with E-state index in [2.05, 4.69) is 19.9 Å². The number of ether oxygens (including phenoxy) is 1. The maximum atomic E-state index is 12.4. The summed E-state index contributed by atoms with van der Waals surface area (Å²) in [6, 6.07) is 5.37. The highest BCUT2D eigenvalue weighted by molar-refractivity contribution is 5.78. The fourth-order valence-corrected chi connectivity index (χ4v) is 2.91. The number of rotatable bonds is 4. The van der Waals surface area contributed by atoms with Crippen LogP contribution in [-0.4, -0.2) is 45.4 Å². The van der Waals surface area contributed by atoms with Crippen molar-refractivity contribution >= 4 is 5.91 Å². The molecular formula is C16H17F3N4O2. The van der Waals surface area contributed by atoms with Crippen molar-refractivity contribution in [3.63, 3.8) is 0 Å². The first kappa shape index (κ1) is 17.2. The van der Waals surface area contributed by atoms with Gasteiger partial charge in [-0.05, 0) is 30.5 Å². The summed E-state index contributed by atoms with van der Waals surface area (Å²) in [4.78, 5) is 18.3. The summed E-state index contributed by atoms with van der Waals surface area (Å²) in [5, 5.41) is 6.69. The maximum absolute atomic E-state index is 12.4. The minimum absolute atomic E-state index is 0.0412. The number of hydrogen-bond acceptors (Lipinski definition) is 4. The standard InChI is InChI=1S/C16H17F3N4O2/c17-16(18,19)25-13-3-1-11(2-4-13)9-14(24)23-7-5-12(6-8-23)15-20-10-21-22-15/h1-4,10,12H,5-9H2,(H,20,21,22). The van der Waals surface area contributed by atoms with Gasteiger partial charge in [0.05, 0.1) is 6.42 Å². The molecule has 1 aliphatic heterocycles. The van der Waals surface area contributed by atoms with E-state index < -0.39 is 6.36 Å². The monoisotopic (exact) mass is 354 g/mol. The molecule has 0 saturated carbocycles. The number of aromatic nitrogens is 3. The highest BCUT2D eigenvalue weighted by Gasteiger charge is 2.31. The summed E-state index contributed by atoms with van der Waals surface area (Å²) in [5.74, 6) is 0.773. The zero-order valence-corrected chi connectivity index (χ0v) is 13.3. The molecule has 0 unspecified atom stereocenters. The van der Waals surface area contributed by atoms with E-state index in [9.17, 15) is 18.0 Å². The van der Waals surface area contributed by atoms with Crippen molar-refractivity contribution in [2.24, 2.45) is 0 Å². The molecule has 1 aliphatic rings. The van der Waals surface area contributed by atoms with E-state index in [0.717, 1.165) is 18.7 Å². The number of piperidine rings is 1. The molecule has 1 aromatic carbocycles. The van der Waals surface area contributed by atoms with Gasteiger partial charge in [-0.1, -0.05) is 12.1 Å². The first-order valence-corrected chi connectivity index (χ1v) is 7.88. The lowest BCUT2D eigenvalue weighted by Crippen LogP contribution is -2.39. The summed E-state index contributed by atoms with van der Waals surface area (Å²) < 4.78 is 40.2. The lowest BCUT2D eigenvalue weighted by atomic mass is 9.96. The van der Waals surface area contributed by atoms with Gasteiger partial charge in [0.25, 0.3) is 0 Å². The predicted octanol–water partition coefficient (Wildman–Crippen LogP) is 2.65. The Morgan fingerprint density at radius 3 is 2.48 bits per heavy atom. The van der Waals surface area contributed by atoms with Gasteiger partial charge in [-0.2, -0.15) is 5.10 Å². The van der Waals surface area contributed by atoms with Gasteiger partial charge in [0, 0.05) is 19.0 Å². The summed E-state index contributed by atoms with van der Waals surface area (Å²) in [5.41, 5.74) is 0.650. The zero-order chi connectivity index (χ0) is 17.9. The Labute approximate surface area is 142 Å². The van der Waals surface area contributed by atoms with Crippen LogP contribution in [0.25, 0.3) is 0 Å². The van der Waals surface area contributed by atoms with Gasteiger partial charge in [-0.15, -0.1) is 13.2 Å². The summed E-state index contributed by atoms with van der Waals surface area (Å²) in [6.45, 7) is 1.25. The number of H-pyrrole nitrogens is 1. The molecule has 1 aromatic heterocycles. The molecule has 1 fully saturated rings. The Balaban J connectivity index is 1.51. The lowest BCUT2D eigenvalue weighted by Gasteiger charge is -2.31. The van der Waals surface area contributed by atoms with E-state index in [0.29, 0.717) is 18.7 Å². The van der Waals surface area contributed by atoms with E-state index in [1.807, 2.05) is 0 Å². The van der Waals surface area contributed by atoms with Gasteiger partial charge >= 0.3 is 6.36 Å². The number of nitrogens with zero attached hydrogens (tertiary/aromatic N) is 3. The van der Waals surface area contributed by atoms with Crippen LogP contribution in [0.3, 0.4) is 0 Å². The minimum atomic E-state index is -4.72. The van der Waals surface area contributed by atoms with Crippen LogP contribution < -0.4 is 4.74 Å². The third kappa shape index (κ3) is 4.71. The number of hydrogen-bond donors (Lipinski definition) is 1. The van der Waals surface area contributed by atoms with Crippen molar-refractivity contribution in [3.05, 3.63) is 42.0 Å². The summed E-state index contributed by atoms with van der Waals surface area (Å²) >= 11 is 0. The second-order valence-corrected chi connectivity index (χ2v) is 5.89. The Kier molecular flexibility index (Phi) is 4.91. The van der Waals surface area contributed by atoms with Crippen LogP contribution >= 0.6 is 0 Å². The van der Waals surface area contributed by atoms with E-state index in [4.69, 9.17) is 0 Å². The van der Waals surface area contributed by atoms with Gasteiger partial charge < -0.3 is 9.64 Å². The highest BCUT2D eigenvalue weighted by Crippen LogP contribution is 2.26. The lowest BCUT2D eigenvalue weighted by molar-refractivity contribution is -0.274. The van der Waals surface area contributed by atoms with Crippen LogP contribution in [0.1, 0.15) is 30.1 Å².